The molecule has 0 bridgehead atoms. The predicted molar refractivity (Wildman–Crippen MR) is 65.5 cm³/mol. The Hall–Kier alpha value is -1.44. The Balaban J connectivity index is 2.45. The number of benzene rings is 1. The summed E-state index contributed by atoms with van der Waals surface area (Å²) in [6, 6.07) is 8.45. The van der Waals surface area contributed by atoms with Gasteiger partial charge in [0, 0.05) is 11.7 Å². The number of nitrogens with one attached hydrogen (secondary N) is 1. The SMILES string of the molecule is C=CCC[C@H](C)Nc1ccc(OC)cc1. The fraction of sp³-hybridized carbons (Fsp3) is 0.385. The summed E-state index contributed by atoms with van der Waals surface area (Å²) in [4.78, 5) is 0. The van der Waals surface area contributed by atoms with Crippen LogP contribution in [0.25, 0.3) is 0 Å². The van der Waals surface area contributed by atoms with Crippen LogP contribution in [-0.4, -0.2) is 13.2 Å². The summed E-state index contributed by atoms with van der Waals surface area (Å²) in [6.07, 6.45) is 4.10. The Kier molecular flexibility index (Phi) is 4.75. The van der Waals surface area contributed by atoms with Crippen molar-refractivity contribution in [3.05, 3.63) is 36.9 Å². The zero-order valence-electron chi connectivity index (χ0n) is 9.49. The molecule has 1 atom stereocenters. The fourth-order valence-corrected chi connectivity index (χ4v) is 1.41. The van der Waals surface area contributed by atoms with Gasteiger partial charge in [0.25, 0.3) is 0 Å². The van der Waals surface area contributed by atoms with Gasteiger partial charge in [-0.15, -0.1) is 6.58 Å². The summed E-state index contributed by atoms with van der Waals surface area (Å²) in [5.41, 5.74) is 1.13. The van der Waals surface area contributed by atoms with Crippen molar-refractivity contribution in [2.24, 2.45) is 0 Å². The van der Waals surface area contributed by atoms with Crippen molar-refractivity contribution in [2.75, 3.05) is 12.4 Å². The molecule has 1 rings (SSSR count). The second-order valence-corrected chi connectivity index (χ2v) is 3.64. The van der Waals surface area contributed by atoms with Crippen molar-refractivity contribution in [2.45, 2.75) is 25.8 Å². The zero-order valence-corrected chi connectivity index (χ0v) is 9.49. The molecule has 0 saturated heterocycles. The van der Waals surface area contributed by atoms with Gasteiger partial charge >= 0.3 is 0 Å². The van der Waals surface area contributed by atoms with E-state index >= 15 is 0 Å². The third-order valence-corrected chi connectivity index (χ3v) is 2.31. The maximum Gasteiger partial charge on any atom is 0.119 e. The van der Waals surface area contributed by atoms with Gasteiger partial charge in [-0.1, -0.05) is 6.08 Å². The van der Waals surface area contributed by atoms with Gasteiger partial charge in [0.15, 0.2) is 0 Å². The lowest BCUT2D eigenvalue weighted by atomic mass is 10.1. The topological polar surface area (TPSA) is 21.3 Å². The first kappa shape index (κ1) is 11.6. The summed E-state index contributed by atoms with van der Waals surface area (Å²) in [5, 5.41) is 3.42. The Morgan fingerprint density at radius 3 is 2.60 bits per heavy atom. The molecule has 0 spiro atoms. The molecule has 2 heteroatoms. The van der Waals surface area contributed by atoms with Crippen molar-refractivity contribution in [3.63, 3.8) is 0 Å². The highest BCUT2D eigenvalue weighted by molar-refractivity contribution is 5.46. The summed E-state index contributed by atoms with van der Waals surface area (Å²) in [5.74, 6) is 0.888. The average molecular weight is 205 g/mol. The van der Waals surface area contributed by atoms with Gasteiger partial charge in [0.2, 0.25) is 0 Å². The molecule has 0 aliphatic rings. The highest BCUT2D eigenvalue weighted by atomic mass is 16.5. The van der Waals surface area contributed by atoms with E-state index in [1.54, 1.807) is 7.11 Å². The van der Waals surface area contributed by atoms with E-state index in [0.29, 0.717) is 6.04 Å². The lowest BCUT2D eigenvalue weighted by Gasteiger charge is -2.14. The van der Waals surface area contributed by atoms with Crippen LogP contribution >= 0.6 is 0 Å². The minimum Gasteiger partial charge on any atom is -0.497 e. The van der Waals surface area contributed by atoms with Crippen LogP contribution in [0.4, 0.5) is 5.69 Å². The minimum absolute atomic E-state index is 0.469. The van der Waals surface area contributed by atoms with E-state index in [9.17, 15) is 0 Å². The van der Waals surface area contributed by atoms with Gasteiger partial charge in [0.1, 0.15) is 5.75 Å². The van der Waals surface area contributed by atoms with E-state index in [1.165, 1.54) is 0 Å². The molecule has 0 heterocycles. The Bertz CT molecular complexity index is 292. The average Bonchev–Trinajstić information content (AvgIpc) is 2.27. The van der Waals surface area contributed by atoms with E-state index in [-0.39, 0.29) is 0 Å². The number of hydrogen-bond acceptors (Lipinski definition) is 2. The molecule has 2 nitrogen and oxygen atoms in total. The molecule has 0 aliphatic carbocycles. The summed E-state index contributed by atoms with van der Waals surface area (Å²) < 4.78 is 5.10. The van der Waals surface area contributed by atoms with E-state index in [1.807, 2.05) is 30.3 Å². The molecule has 0 radical (unpaired) electrons. The summed E-state index contributed by atoms with van der Waals surface area (Å²) in [7, 11) is 1.68. The van der Waals surface area contributed by atoms with Gasteiger partial charge in [-0.25, -0.2) is 0 Å². The van der Waals surface area contributed by atoms with Crippen molar-refractivity contribution in [3.8, 4) is 5.75 Å². The van der Waals surface area contributed by atoms with Crippen LogP contribution in [0.3, 0.4) is 0 Å². The molecule has 0 saturated carbocycles. The van der Waals surface area contributed by atoms with Crippen LogP contribution < -0.4 is 10.1 Å². The monoisotopic (exact) mass is 205 g/mol. The van der Waals surface area contributed by atoms with Crippen LogP contribution in [0.2, 0.25) is 0 Å². The van der Waals surface area contributed by atoms with Crippen LogP contribution in [-0.2, 0) is 0 Å². The van der Waals surface area contributed by atoms with Crippen molar-refractivity contribution < 1.29 is 4.74 Å². The first-order valence-electron chi connectivity index (χ1n) is 5.27. The minimum atomic E-state index is 0.469. The molecule has 1 N–H and O–H groups in total. The largest absolute Gasteiger partial charge is 0.497 e. The molecule has 1 aromatic rings. The van der Waals surface area contributed by atoms with Crippen LogP contribution in [0, 0.1) is 0 Å². The lowest BCUT2D eigenvalue weighted by molar-refractivity contribution is 0.415. The first-order chi connectivity index (χ1) is 7.26. The van der Waals surface area contributed by atoms with Crippen molar-refractivity contribution in [1.29, 1.82) is 0 Å². The van der Waals surface area contributed by atoms with Crippen molar-refractivity contribution >= 4 is 5.69 Å². The van der Waals surface area contributed by atoms with Crippen LogP contribution in [0.5, 0.6) is 5.75 Å². The molecule has 0 amide bonds. The maximum atomic E-state index is 5.10. The number of allylic oxidation sites excluding steroid dienone is 1. The van der Waals surface area contributed by atoms with Crippen molar-refractivity contribution in [1.82, 2.24) is 0 Å². The van der Waals surface area contributed by atoms with E-state index in [0.717, 1.165) is 24.3 Å². The second kappa shape index (κ2) is 6.12. The first-order valence-corrected chi connectivity index (χ1v) is 5.27. The fourth-order valence-electron chi connectivity index (χ4n) is 1.41. The molecule has 0 aliphatic heterocycles. The lowest BCUT2D eigenvalue weighted by Crippen LogP contribution is -2.14. The number of anilines is 1. The summed E-state index contributed by atoms with van der Waals surface area (Å²) in [6.45, 7) is 5.89. The molecule has 82 valence electrons. The van der Waals surface area contributed by atoms with E-state index in [2.05, 4.69) is 18.8 Å². The Morgan fingerprint density at radius 2 is 2.07 bits per heavy atom. The normalized spacial score (nSPS) is 11.9. The standard InChI is InChI=1S/C13H19NO/c1-4-5-6-11(2)14-12-7-9-13(15-3)10-8-12/h4,7-11,14H,1,5-6H2,2-3H3/t11-/m0/s1. The van der Waals surface area contributed by atoms with Crippen LogP contribution in [0.15, 0.2) is 36.9 Å². The third kappa shape index (κ3) is 4.07. The van der Waals surface area contributed by atoms with Gasteiger partial charge in [-0.3, -0.25) is 0 Å². The van der Waals surface area contributed by atoms with Gasteiger partial charge in [-0.05, 0) is 44.0 Å². The van der Waals surface area contributed by atoms with Crippen LogP contribution in [0.1, 0.15) is 19.8 Å². The smallest absolute Gasteiger partial charge is 0.119 e. The van der Waals surface area contributed by atoms with Gasteiger partial charge < -0.3 is 10.1 Å². The number of hydrogen-bond donors (Lipinski definition) is 1. The molecule has 0 fully saturated rings. The number of methoxy groups -OCH3 is 1. The second-order valence-electron chi connectivity index (χ2n) is 3.64. The number of rotatable bonds is 6. The van der Waals surface area contributed by atoms with E-state index in [4.69, 9.17) is 4.74 Å². The van der Waals surface area contributed by atoms with Gasteiger partial charge in [0.05, 0.1) is 7.11 Å². The summed E-state index contributed by atoms with van der Waals surface area (Å²) >= 11 is 0. The molecular weight excluding hydrogens is 186 g/mol. The number of ether oxygens (including phenoxy) is 1. The van der Waals surface area contributed by atoms with Gasteiger partial charge in [-0.2, -0.15) is 0 Å². The Morgan fingerprint density at radius 1 is 1.40 bits per heavy atom. The maximum absolute atomic E-state index is 5.10. The zero-order chi connectivity index (χ0) is 11.1. The molecule has 0 aromatic heterocycles. The molecule has 15 heavy (non-hydrogen) atoms. The van der Waals surface area contributed by atoms with E-state index < -0.39 is 0 Å². The Labute approximate surface area is 92.0 Å². The molecule has 1 aromatic carbocycles. The quantitative estimate of drug-likeness (QED) is 0.718. The highest BCUT2D eigenvalue weighted by Gasteiger charge is 2.00. The predicted octanol–water partition coefficient (Wildman–Crippen LogP) is 3.46. The third-order valence-electron chi connectivity index (χ3n) is 2.31. The molecular formula is C13H19NO. The molecule has 0 unspecified atom stereocenters. The highest BCUT2D eigenvalue weighted by Crippen LogP contribution is 2.16.